The van der Waals surface area contributed by atoms with Gasteiger partial charge >= 0.3 is 5.97 Å². The summed E-state index contributed by atoms with van der Waals surface area (Å²) in [7, 11) is 1.36. The summed E-state index contributed by atoms with van der Waals surface area (Å²) in [5, 5.41) is 3.02. The minimum absolute atomic E-state index is 0.127. The quantitative estimate of drug-likeness (QED) is 0.610. The Morgan fingerprint density at radius 2 is 2.27 bits per heavy atom. The third kappa shape index (κ3) is 2.55. The minimum atomic E-state index is -0.364. The van der Waals surface area contributed by atoms with E-state index in [0.717, 1.165) is 24.0 Å². The van der Waals surface area contributed by atoms with Crippen LogP contribution >= 0.6 is 0 Å². The van der Waals surface area contributed by atoms with Crippen molar-refractivity contribution in [2.45, 2.75) is 18.9 Å². The molecule has 0 saturated heterocycles. The lowest BCUT2D eigenvalue weighted by atomic mass is 10.0. The number of nitrogen functional groups attached to an aromatic ring is 1. The standard InChI is InChI=1S/C18H17N5O3/c1-26-18(25)10-2-4-11-9(6-10)3-5-13(11)23-17(24)16-15-14(21-8-22-16)12(19)7-20-15/h2,4,6-8,13,20H,3,5,19H2,1H3,(H,23,24)/p+1. The molecule has 1 aliphatic rings. The Kier molecular flexibility index (Phi) is 3.80. The smallest absolute Gasteiger partial charge is 0.337 e. The number of rotatable bonds is 3. The van der Waals surface area contributed by atoms with E-state index in [1.165, 1.54) is 13.4 Å². The van der Waals surface area contributed by atoms with E-state index in [0.29, 0.717) is 22.3 Å². The van der Waals surface area contributed by atoms with Gasteiger partial charge < -0.3 is 20.8 Å². The van der Waals surface area contributed by atoms with E-state index in [-0.39, 0.29) is 23.6 Å². The number of hydrogen-bond acceptors (Lipinski definition) is 5. The van der Waals surface area contributed by atoms with Crippen LogP contribution in [-0.4, -0.2) is 29.0 Å². The molecule has 0 bridgehead atoms. The number of anilines is 1. The number of ether oxygens (including phenoxy) is 1. The van der Waals surface area contributed by atoms with Gasteiger partial charge in [0.05, 0.1) is 24.4 Å². The van der Waals surface area contributed by atoms with E-state index in [4.69, 9.17) is 10.5 Å². The van der Waals surface area contributed by atoms with Gasteiger partial charge in [0.2, 0.25) is 0 Å². The number of aryl methyl sites for hydroxylation is 1. The Morgan fingerprint density at radius 3 is 3.08 bits per heavy atom. The maximum atomic E-state index is 12.7. The number of aromatic nitrogens is 3. The largest absolute Gasteiger partial charge is 0.465 e. The topological polar surface area (TPSA) is 124 Å². The average molecular weight is 352 g/mol. The van der Waals surface area contributed by atoms with E-state index < -0.39 is 0 Å². The molecule has 4 rings (SSSR count). The molecule has 0 fully saturated rings. The summed E-state index contributed by atoms with van der Waals surface area (Å²) in [5.74, 6) is -0.641. The molecule has 0 aliphatic heterocycles. The first kappa shape index (κ1) is 16.1. The molecule has 2 heterocycles. The number of carbonyl (C=O) groups excluding carboxylic acids is 2. The van der Waals surface area contributed by atoms with Crippen LogP contribution in [0.4, 0.5) is 5.69 Å². The second-order valence-corrected chi connectivity index (χ2v) is 6.22. The van der Waals surface area contributed by atoms with E-state index in [1.807, 2.05) is 12.1 Å². The van der Waals surface area contributed by atoms with Crippen molar-refractivity contribution in [2.24, 2.45) is 0 Å². The number of nitrogens with zero attached hydrogens (tertiary/aromatic N) is 1. The van der Waals surface area contributed by atoms with Crippen molar-refractivity contribution in [3.8, 4) is 0 Å². The van der Waals surface area contributed by atoms with Crippen LogP contribution in [0.2, 0.25) is 0 Å². The first-order valence-electron chi connectivity index (χ1n) is 8.23. The Labute approximate surface area is 148 Å². The molecular formula is C18H18N5O3+. The third-order valence-corrected chi connectivity index (χ3v) is 4.71. The second kappa shape index (κ2) is 6.14. The van der Waals surface area contributed by atoms with Crippen molar-refractivity contribution < 1.29 is 19.3 Å². The Morgan fingerprint density at radius 1 is 1.42 bits per heavy atom. The molecular weight excluding hydrogens is 334 g/mol. The summed E-state index contributed by atoms with van der Waals surface area (Å²) >= 11 is 0. The number of nitrogens with two attached hydrogens (primary N) is 1. The predicted octanol–water partition coefficient (Wildman–Crippen LogP) is 1.16. The van der Waals surface area contributed by atoms with Gasteiger partial charge in [0.1, 0.15) is 5.52 Å². The summed E-state index contributed by atoms with van der Waals surface area (Å²) in [6.45, 7) is 0. The number of aromatic amines is 2. The number of nitrogens with one attached hydrogen (secondary N) is 3. The second-order valence-electron chi connectivity index (χ2n) is 6.22. The molecule has 1 atom stereocenters. The predicted molar refractivity (Wildman–Crippen MR) is 93.4 cm³/mol. The highest BCUT2D eigenvalue weighted by molar-refractivity contribution is 6.04. The molecule has 2 aromatic heterocycles. The average Bonchev–Trinajstić information content (AvgIpc) is 3.24. The Hall–Kier alpha value is -3.42. The maximum Gasteiger partial charge on any atom is 0.337 e. The van der Waals surface area contributed by atoms with Crippen LogP contribution in [-0.2, 0) is 11.2 Å². The number of hydrogen-bond donors (Lipinski definition) is 3. The summed E-state index contributed by atoms with van der Waals surface area (Å²) in [6.07, 6.45) is 4.62. The molecule has 1 aliphatic carbocycles. The molecule has 3 aromatic rings. The number of carbonyl (C=O) groups is 2. The van der Waals surface area contributed by atoms with E-state index in [2.05, 4.69) is 20.3 Å². The first-order valence-corrected chi connectivity index (χ1v) is 8.23. The zero-order chi connectivity index (χ0) is 18.3. The first-order chi connectivity index (χ1) is 12.6. The Bertz CT molecular complexity index is 1030. The molecule has 0 radical (unpaired) electrons. The fraction of sp³-hybridized carbons (Fsp3) is 0.222. The van der Waals surface area contributed by atoms with Gasteiger partial charge in [0, 0.05) is 6.20 Å². The molecule has 1 unspecified atom stereocenters. The lowest BCUT2D eigenvalue weighted by Crippen LogP contribution is -2.29. The maximum absolute atomic E-state index is 12.7. The number of esters is 1. The van der Waals surface area contributed by atoms with Gasteiger partial charge in [-0.1, -0.05) is 6.07 Å². The van der Waals surface area contributed by atoms with Crippen molar-refractivity contribution in [1.82, 2.24) is 15.3 Å². The van der Waals surface area contributed by atoms with Crippen LogP contribution in [0.5, 0.6) is 0 Å². The van der Waals surface area contributed by atoms with Crippen molar-refractivity contribution in [1.29, 1.82) is 0 Å². The van der Waals surface area contributed by atoms with Crippen LogP contribution in [0.1, 0.15) is 44.4 Å². The van der Waals surface area contributed by atoms with Crippen molar-refractivity contribution >= 4 is 28.6 Å². The summed E-state index contributed by atoms with van der Waals surface area (Å²) in [4.78, 5) is 34.5. The van der Waals surface area contributed by atoms with Crippen LogP contribution in [0.3, 0.4) is 0 Å². The number of fused-ring (bicyclic) bond motifs is 2. The van der Waals surface area contributed by atoms with Crippen molar-refractivity contribution in [3.05, 3.63) is 53.1 Å². The molecule has 8 nitrogen and oxygen atoms in total. The van der Waals surface area contributed by atoms with Crippen LogP contribution in [0.15, 0.2) is 30.7 Å². The highest BCUT2D eigenvalue weighted by Gasteiger charge is 2.28. The number of amides is 1. The van der Waals surface area contributed by atoms with E-state index in [1.54, 1.807) is 12.3 Å². The lowest BCUT2D eigenvalue weighted by Gasteiger charge is -2.13. The summed E-state index contributed by atoms with van der Waals surface area (Å²) < 4.78 is 4.75. The highest BCUT2D eigenvalue weighted by Crippen LogP contribution is 2.32. The van der Waals surface area contributed by atoms with Crippen LogP contribution in [0.25, 0.3) is 11.0 Å². The molecule has 26 heavy (non-hydrogen) atoms. The van der Waals surface area contributed by atoms with Gasteiger partial charge in [-0.15, -0.1) is 0 Å². The normalized spacial score (nSPS) is 15.7. The zero-order valence-corrected chi connectivity index (χ0v) is 14.1. The molecule has 5 N–H and O–H groups in total. The molecule has 0 spiro atoms. The molecule has 8 heteroatoms. The molecule has 132 valence electrons. The highest BCUT2D eigenvalue weighted by atomic mass is 16.5. The van der Waals surface area contributed by atoms with Gasteiger partial charge in [0.25, 0.3) is 17.9 Å². The Balaban J connectivity index is 1.59. The van der Waals surface area contributed by atoms with Crippen molar-refractivity contribution in [2.75, 3.05) is 12.8 Å². The lowest BCUT2D eigenvalue weighted by molar-refractivity contribution is -0.349. The minimum Gasteiger partial charge on any atom is -0.465 e. The monoisotopic (exact) mass is 352 g/mol. The SMILES string of the molecule is COC(=O)c1ccc2c(c1)CCC2NC(=O)c1nc[nH+]c2c(N)c[nH]c12. The molecule has 0 saturated carbocycles. The number of methoxy groups -OCH3 is 1. The zero-order valence-electron chi connectivity index (χ0n) is 14.1. The van der Waals surface area contributed by atoms with Crippen LogP contribution < -0.4 is 16.0 Å². The van der Waals surface area contributed by atoms with Gasteiger partial charge in [-0.05, 0) is 41.1 Å². The fourth-order valence-corrected chi connectivity index (χ4v) is 3.42. The molecule has 1 aromatic carbocycles. The van der Waals surface area contributed by atoms with Gasteiger partial charge in [-0.25, -0.2) is 9.78 Å². The summed E-state index contributed by atoms with van der Waals surface area (Å²) in [5.41, 5.74) is 10.5. The van der Waals surface area contributed by atoms with E-state index >= 15 is 0 Å². The van der Waals surface area contributed by atoms with Gasteiger partial charge in [0.15, 0.2) is 5.52 Å². The van der Waals surface area contributed by atoms with Crippen molar-refractivity contribution in [3.63, 3.8) is 0 Å². The molecule has 1 amide bonds. The van der Waals surface area contributed by atoms with E-state index in [9.17, 15) is 9.59 Å². The number of benzene rings is 1. The number of H-pyrrole nitrogens is 2. The fourth-order valence-electron chi connectivity index (χ4n) is 3.42. The van der Waals surface area contributed by atoms with Crippen LogP contribution in [0, 0.1) is 0 Å². The summed E-state index contributed by atoms with van der Waals surface area (Å²) in [6, 6.07) is 5.29. The third-order valence-electron chi connectivity index (χ3n) is 4.71. The van der Waals surface area contributed by atoms with Gasteiger partial charge in [-0.2, -0.15) is 0 Å². The van der Waals surface area contributed by atoms with Gasteiger partial charge in [-0.3, -0.25) is 4.79 Å².